The molecule has 1 aliphatic heterocycles. The van der Waals surface area contributed by atoms with E-state index in [2.05, 4.69) is 12.2 Å². The molecule has 0 aliphatic carbocycles. The second-order valence-corrected chi connectivity index (χ2v) is 5.25. The van der Waals surface area contributed by atoms with Crippen LogP contribution in [-0.2, 0) is 4.74 Å². The number of carbonyl (C=O) groups excluding carboxylic acids is 1. The van der Waals surface area contributed by atoms with Crippen LogP contribution in [0.2, 0.25) is 0 Å². The molecule has 0 radical (unpaired) electrons. The van der Waals surface area contributed by atoms with E-state index >= 15 is 0 Å². The second kappa shape index (κ2) is 7.59. The van der Waals surface area contributed by atoms with Gasteiger partial charge in [0.1, 0.15) is 0 Å². The van der Waals surface area contributed by atoms with Gasteiger partial charge in [0, 0.05) is 32.8 Å². The van der Waals surface area contributed by atoms with Gasteiger partial charge >= 0.3 is 6.03 Å². The van der Waals surface area contributed by atoms with Crippen LogP contribution < -0.4 is 5.32 Å². The van der Waals surface area contributed by atoms with Crippen molar-refractivity contribution in [1.29, 1.82) is 0 Å². The Kier molecular flexibility index (Phi) is 6.43. The van der Waals surface area contributed by atoms with Gasteiger partial charge in [-0.3, -0.25) is 0 Å². The van der Waals surface area contributed by atoms with Gasteiger partial charge in [0.25, 0.3) is 0 Å². The van der Waals surface area contributed by atoms with Crippen LogP contribution in [-0.4, -0.2) is 55.0 Å². The summed E-state index contributed by atoms with van der Waals surface area (Å²) in [7, 11) is 1.76. The molecule has 0 aromatic heterocycles. The maximum atomic E-state index is 11.9. The van der Waals surface area contributed by atoms with Crippen LogP contribution in [0, 0.1) is 5.92 Å². The Balaban J connectivity index is 2.29. The number of amides is 2. The molecule has 2 amide bonds. The van der Waals surface area contributed by atoms with Crippen LogP contribution in [0.3, 0.4) is 0 Å². The number of rotatable bonds is 5. The van der Waals surface area contributed by atoms with Crippen molar-refractivity contribution in [2.45, 2.75) is 45.3 Å². The van der Waals surface area contributed by atoms with Gasteiger partial charge in [-0.2, -0.15) is 0 Å². The van der Waals surface area contributed by atoms with Crippen molar-refractivity contribution in [3.8, 4) is 0 Å². The van der Waals surface area contributed by atoms with Gasteiger partial charge < -0.3 is 20.1 Å². The van der Waals surface area contributed by atoms with Crippen LogP contribution in [0.25, 0.3) is 0 Å². The largest absolute Gasteiger partial charge is 0.393 e. The molecule has 1 heterocycles. The lowest BCUT2D eigenvalue weighted by molar-refractivity contribution is 0.0563. The highest BCUT2D eigenvalue weighted by molar-refractivity contribution is 5.74. The minimum atomic E-state index is -0.367. The topological polar surface area (TPSA) is 61.8 Å². The molecule has 1 saturated heterocycles. The fourth-order valence-corrected chi connectivity index (χ4v) is 2.12. The average molecular weight is 258 g/mol. The normalized spacial score (nSPS) is 20.2. The lowest BCUT2D eigenvalue weighted by Gasteiger charge is -2.30. The first-order valence-corrected chi connectivity index (χ1v) is 6.78. The average Bonchev–Trinajstić information content (AvgIpc) is 2.36. The Morgan fingerprint density at radius 3 is 2.61 bits per heavy atom. The van der Waals surface area contributed by atoms with Gasteiger partial charge in [-0.15, -0.1) is 0 Å². The fraction of sp³-hybridized carbons (Fsp3) is 0.923. The standard InChI is InChI=1S/C13H26N2O3/c1-10(16)4-7-15(3)13(17)14-11(2)12-5-8-18-9-6-12/h10-12,16H,4-9H2,1-3H3,(H,14,17). The van der Waals surface area contributed by atoms with Gasteiger partial charge in [-0.05, 0) is 39.0 Å². The zero-order chi connectivity index (χ0) is 13.5. The highest BCUT2D eigenvalue weighted by Crippen LogP contribution is 2.18. The summed E-state index contributed by atoms with van der Waals surface area (Å²) in [4.78, 5) is 13.5. The molecule has 2 atom stereocenters. The van der Waals surface area contributed by atoms with Crippen LogP contribution in [0.1, 0.15) is 33.1 Å². The SMILES string of the molecule is CC(O)CCN(C)C(=O)NC(C)C1CCOCC1. The van der Waals surface area contributed by atoms with E-state index in [0.717, 1.165) is 26.1 Å². The third-order valence-electron chi connectivity index (χ3n) is 3.55. The maximum absolute atomic E-state index is 11.9. The Morgan fingerprint density at radius 1 is 1.44 bits per heavy atom. The van der Waals surface area contributed by atoms with E-state index in [1.165, 1.54) is 0 Å². The molecule has 0 bridgehead atoms. The zero-order valence-electron chi connectivity index (χ0n) is 11.7. The Bertz CT molecular complexity index is 253. The van der Waals surface area contributed by atoms with Gasteiger partial charge in [0.15, 0.2) is 0 Å². The van der Waals surface area contributed by atoms with Crippen molar-refractivity contribution in [3.63, 3.8) is 0 Å². The molecule has 5 nitrogen and oxygen atoms in total. The molecule has 18 heavy (non-hydrogen) atoms. The minimum absolute atomic E-state index is 0.0605. The summed E-state index contributed by atoms with van der Waals surface area (Å²) in [5.74, 6) is 0.507. The van der Waals surface area contributed by atoms with E-state index in [1.54, 1.807) is 18.9 Å². The summed E-state index contributed by atoms with van der Waals surface area (Å²) in [5, 5.41) is 12.2. The van der Waals surface area contributed by atoms with E-state index in [4.69, 9.17) is 4.74 Å². The predicted molar refractivity (Wildman–Crippen MR) is 70.5 cm³/mol. The molecular weight excluding hydrogens is 232 g/mol. The molecule has 5 heteroatoms. The molecule has 0 spiro atoms. The van der Waals surface area contributed by atoms with Gasteiger partial charge in [-0.1, -0.05) is 0 Å². The number of hydrogen-bond acceptors (Lipinski definition) is 3. The molecular formula is C13H26N2O3. The first-order valence-electron chi connectivity index (χ1n) is 6.78. The summed E-state index contributed by atoms with van der Waals surface area (Å²) in [6.07, 6.45) is 2.26. The van der Waals surface area contributed by atoms with Gasteiger partial charge in [0.05, 0.1) is 6.10 Å². The monoisotopic (exact) mass is 258 g/mol. The molecule has 0 aromatic carbocycles. The molecule has 2 N–H and O–H groups in total. The molecule has 0 aromatic rings. The number of nitrogens with one attached hydrogen (secondary N) is 1. The van der Waals surface area contributed by atoms with E-state index < -0.39 is 0 Å². The zero-order valence-corrected chi connectivity index (χ0v) is 11.7. The van der Waals surface area contributed by atoms with E-state index in [1.807, 2.05) is 0 Å². The summed E-state index contributed by atoms with van der Waals surface area (Å²) >= 11 is 0. The first kappa shape index (κ1) is 15.2. The number of ether oxygens (including phenoxy) is 1. The molecule has 2 unspecified atom stereocenters. The second-order valence-electron chi connectivity index (χ2n) is 5.25. The number of urea groups is 1. The molecule has 1 aliphatic rings. The third kappa shape index (κ3) is 5.23. The van der Waals surface area contributed by atoms with E-state index in [9.17, 15) is 9.90 Å². The van der Waals surface area contributed by atoms with Crippen molar-refractivity contribution in [3.05, 3.63) is 0 Å². The number of carbonyl (C=O) groups is 1. The summed E-state index contributed by atoms with van der Waals surface area (Å²) < 4.78 is 5.32. The van der Waals surface area contributed by atoms with Crippen LogP contribution >= 0.6 is 0 Å². The predicted octanol–water partition coefficient (Wildman–Crippen LogP) is 1.21. The van der Waals surface area contributed by atoms with Crippen LogP contribution in [0.5, 0.6) is 0 Å². The van der Waals surface area contributed by atoms with Crippen molar-refractivity contribution >= 4 is 6.03 Å². The quantitative estimate of drug-likeness (QED) is 0.779. The van der Waals surface area contributed by atoms with E-state index in [0.29, 0.717) is 18.9 Å². The highest BCUT2D eigenvalue weighted by atomic mass is 16.5. The fourth-order valence-electron chi connectivity index (χ4n) is 2.12. The molecule has 1 fully saturated rings. The van der Waals surface area contributed by atoms with Crippen LogP contribution in [0.4, 0.5) is 4.79 Å². The number of aliphatic hydroxyl groups excluding tert-OH is 1. The van der Waals surface area contributed by atoms with Crippen LogP contribution in [0.15, 0.2) is 0 Å². The Labute approximate surface area is 109 Å². The summed E-state index contributed by atoms with van der Waals surface area (Å²) in [6, 6.07) is 0.116. The Morgan fingerprint density at radius 2 is 2.06 bits per heavy atom. The number of nitrogens with zero attached hydrogens (tertiary/aromatic N) is 1. The molecule has 106 valence electrons. The highest BCUT2D eigenvalue weighted by Gasteiger charge is 2.22. The Hall–Kier alpha value is -0.810. The van der Waals surface area contributed by atoms with Crippen molar-refractivity contribution in [2.24, 2.45) is 5.92 Å². The lowest BCUT2D eigenvalue weighted by atomic mass is 9.93. The van der Waals surface area contributed by atoms with Crippen molar-refractivity contribution < 1.29 is 14.6 Å². The minimum Gasteiger partial charge on any atom is -0.393 e. The lowest BCUT2D eigenvalue weighted by Crippen LogP contribution is -2.46. The van der Waals surface area contributed by atoms with Gasteiger partial charge in [-0.25, -0.2) is 4.79 Å². The smallest absolute Gasteiger partial charge is 0.317 e. The third-order valence-corrected chi connectivity index (χ3v) is 3.55. The summed E-state index contributed by atoms with van der Waals surface area (Å²) in [5.41, 5.74) is 0. The number of aliphatic hydroxyl groups is 1. The van der Waals surface area contributed by atoms with Crippen molar-refractivity contribution in [1.82, 2.24) is 10.2 Å². The molecule has 1 rings (SSSR count). The van der Waals surface area contributed by atoms with Crippen molar-refractivity contribution in [2.75, 3.05) is 26.8 Å². The number of hydrogen-bond donors (Lipinski definition) is 2. The molecule has 0 saturated carbocycles. The summed E-state index contributed by atoms with van der Waals surface area (Å²) in [6.45, 7) is 5.95. The first-order chi connectivity index (χ1) is 8.50. The van der Waals surface area contributed by atoms with Gasteiger partial charge in [0.2, 0.25) is 0 Å². The van der Waals surface area contributed by atoms with E-state index in [-0.39, 0.29) is 18.2 Å². The maximum Gasteiger partial charge on any atom is 0.317 e.